The number of hydrogen-bond donors (Lipinski definition) is 2. The molecule has 114 valence electrons. The maximum atomic E-state index is 4.58. The molecule has 0 amide bonds. The Labute approximate surface area is 143 Å². The number of rotatable bonds is 5. The smallest absolute Gasteiger partial charge is 0.0588 e. The highest BCUT2D eigenvalue weighted by Gasteiger charge is 2.02. The molecule has 0 saturated carbocycles. The van der Waals surface area contributed by atoms with Crippen LogP contribution in [0, 0.1) is 0 Å². The molecule has 0 aliphatic heterocycles. The summed E-state index contributed by atoms with van der Waals surface area (Å²) in [5.74, 6) is 0. The summed E-state index contributed by atoms with van der Waals surface area (Å²) >= 11 is 8.91. The summed E-state index contributed by atoms with van der Waals surface area (Å²) in [7, 11) is 0. The lowest BCUT2D eigenvalue weighted by Gasteiger charge is -2.05. The van der Waals surface area contributed by atoms with Gasteiger partial charge in [0.15, 0.2) is 0 Å². The summed E-state index contributed by atoms with van der Waals surface area (Å²) in [5.41, 5.74) is 4.14. The first kappa shape index (κ1) is 16.8. The molecule has 2 aromatic carbocycles. The number of aliphatic imine (C=N–C) groups is 2. The average molecular weight is 329 g/mol. The number of nitrogens with zero attached hydrogens (tertiary/aromatic N) is 2. The van der Waals surface area contributed by atoms with Crippen molar-refractivity contribution in [2.75, 3.05) is 13.1 Å². The van der Waals surface area contributed by atoms with Crippen molar-refractivity contribution in [3.63, 3.8) is 0 Å². The maximum Gasteiger partial charge on any atom is 0.0588 e. The highest BCUT2D eigenvalue weighted by Crippen LogP contribution is 2.15. The molecular weight excluding hydrogens is 308 g/mol. The van der Waals surface area contributed by atoms with Crippen LogP contribution in [0.5, 0.6) is 0 Å². The number of hydrogen-bond acceptors (Lipinski definition) is 4. The van der Waals surface area contributed by atoms with Gasteiger partial charge in [-0.1, -0.05) is 36.4 Å². The Morgan fingerprint density at radius 2 is 1.09 bits per heavy atom. The second-order valence-electron chi connectivity index (χ2n) is 4.97. The van der Waals surface area contributed by atoms with Crippen LogP contribution in [-0.2, 0) is 0 Å². The Morgan fingerprint density at radius 1 is 0.727 bits per heavy atom. The fourth-order valence-electron chi connectivity index (χ4n) is 2.16. The van der Waals surface area contributed by atoms with Crippen LogP contribution in [-0.4, -0.2) is 24.5 Å². The van der Waals surface area contributed by atoms with Gasteiger partial charge in [-0.25, -0.2) is 0 Å². The van der Waals surface area contributed by atoms with Crippen molar-refractivity contribution in [3.05, 3.63) is 59.7 Å². The minimum Gasteiger partial charge on any atom is -0.287 e. The molecular formula is C18H20N2S2. The van der Waals surface area contributed by atoms with E-state index < -0.39 is 0 Å². The third-order valence-corrected chi connectivity index (χ3v) is 4.17. The fraction of sp³-hybridized carbons (Fsp3) is 0.222. The van der Waals surface area contributed by atoms with E-state index in [1.54, 1.807) is 0 Å². The molecule has 0 atom stereocenters. The minimum atomic E-state index is 0.667. The van der Waals surface area contributed by atoms with Crippen molar-refractivity contribution in [1.29, 1.82) is 0 Å². The van der Waals surface area contributed by atoms with Crippen LogP contribution in [0.3, 0.4) is 0 Å². The number of benzene rings is 2. The van der Waals surface area contributed by atoms with Crippen LogP contribution in [0.1, 0.15) is 25.0 Å². The quantitative estimate of drug-likeness (QED) is 0.456. The van der Waals surface area contributed by atoms with Gasteiger partial charge in [-0.3, -0.25) is 9.98 Å². The van der Waals surface area contributed by atoms with E-state index in [-0.39, 0.29) is 0 Å². The molecule has 0 fully saturated rings. The van der Waals surface area contributed by atoms with Gasteiger partial charge in [0.2, 0.25) is 0 Å². The highest BCUT2D eigenvalue weighted by atomic mass is 32.1. The molecule has 0 heterocycles. The van der Waals surface area contributed by atoms with Crippen LogP contribution in [0.25, 0.3) is 0 Å². The normalized spacial score (nSPS) is 12.5. The van der Waals surface area contributed by atoms with Crippen molar-refractivity contribution < 1.29 is 0 Å². The van der Waals surface area contributed by atoms with Crippen molar-refractivity contribution in [2.24, 2.45) is 9.98 Å². The molecule has 2 rings (SSSR count). The largest absolute Gasteiger partial charge is 0.287 e. The molecule has 0 aliphatic rings. The van der Waals surface area contributed by atoms with Gasteiger partial charge >= 0.3 is 0 Å². The first-order valence-corrected chi connectivity index (χ1v) is 8.08. The monoisotopic (exact) mass is 328 g/mol. The van der Waals surface area contributed by atoms with Gasteiger partial charge in [0.25, 0.3) is 0 Å². The Bertz CT molecular complexity index is 644. The van der Waals surface area contributed by atoms with Gasteiger partial charge in [-0.2, -0.15) is 0 Å². The average Bonchev–Trinajstić information content (AvgIpc) is 2.52. The van der Waals surface area contributed by atoms with Crippen molar-refractivity contribution in [2.45, 2.75) is 23.6 Å². The second-order valence-corrected chi connectivity index (χ2v) is 5.93. The van der Waals surface area contributed by atoms with Gasteiger partial charge in [-0.15, -0.1) is 25.3 Å². The molecule has 0 radical (unpaired) electrons. The van der Waals surface area contributed by atoms with Crippen molar-refractivity contribution >= 4 is 36.7 Å². The van der Waals surface area contributed by atoms with Crippen LogP contribution in [0.4, 0.5) is 0 Å². The van der Waals surface area contributed by atoms with E-state index in [4.69, 9.17) is 0 Å². The van der Waals surface area contributed by atoms with Crippen LogP contribution < -0.4 is 0 Å². The molecule has 0 N–H and O–H groups in total. The Kier molecular flexibility index (Phi) is 6.28. The van der Waals surface area contributed by atoms with E-state index >= 15 is 0 Å². The number of thiol groups is 2. The Hall–Kier alpha value is -1.52. The highest BCUT2D eigenvalue weighted by molar-refractivity contribution is 7.80. The van der Waals surface area contributed by atoms with E-state index in [0.29, 0.717) is 13.1 Å². The standard InChI is InChI=1S/C18H20N2S2/c1-13(15-7-3-5-9-17(15)21)19-11-12-20-14(2)16-8-4-6-10-18(16)22/h3-10,21-22H,11-12H2,1-2H3. The molecule has 4 heteroatoms. The molecule has 0 aliphatic carbocycles. The van der Waals surface area contributed by atoms with Gasteiger partial charge in [0, 0.05) is 32.3 Å². The minimum absolute atomic E-state index is 0.667. The van der Waals surface area contributed by atoms with Crippen LogP contribution in [0.2, 0.25) is 0 Å². The molecule has 0 saturated heterocycles. The predicted octanol–water partition coefficient (Wildman–Crippen LogP) is 4.58. The first-order chi connectivity index (χ1) is 10.6. The van der Waals surface area contributed by atoms with Gasteiger partial charge in [0.05, 0.1) is 13.1 Å². The lowest BCUT2D eigenvalue weighted by molar-refractivity contribution is 0.971. The van der Waals surface area contributed by atoms with E-state index in [0.717, 1.165) is 32.3 Å². The summed E-state index contributed by atoms with van der Waals surface area (Å²) < 4.78 is 0. The summed E-state index contributed by atoms with van der Waals surface area (Å²) in [6.07, 6.45) is 0. The molecule has 0 bridgehead atoms. The van der Waals surface area contributed by atoms with Crippen LogP contribution in [0.15, 0.2) is 68.3 Å². The van der Waals surface area contributed by atoms with E-state index in [1.165, 1.54) is 0 Å². The Balaban J connectivity index is 1.99. The zero-order valence-corrected chi connectivity index (χ0v) is 14.6. The van der Waals surface area contributed by atoms with Gasteiger partial charge in [-0.05, 0) is 26.0 Å². The molecule has 0 unspecified atom stereocenters. The first-order valence-electron chi connectivity index (χ1n) is 7.18. The Morgan fingerprint density at radius 3 is 1.45 bits per heavy atom. The van der Waals surface area contributed by atoms with Crippen LogP contribution >= 0.6 is 25.3 Å². The molecule has 0 aromatic heterocycles. The second kappa shape index (κ2) is 8.20. The topological polar surface area (TPSA) is 24.7 Å². The fourth-order valence-corrected chi connectivity index (χ4v) is 2.81. The zero-order chi connectivity index (χ0) is 15.9. The van der Waals surface area contributed by atoms with E-state index in [1.807, 2.05) is 62.4 Å². The summed E-state index contributed by atoms with van der Waals surface area (Å²) in [5, 5.41) is 0. The summed E-state index contributed by atoms with van der Waals surface area (Å²) in [6.45, 7) is 5.35. The SMILES string of the molecule is CC(=NCCN=C(C)c1ccccc1S)c1ccccc1S. The lowest BCUT2D eigenvalue weighted by Crippen LogP contribution is -2.02. The van der Waals surface area contributed by atoms with E-state index in [9.17, 15) is 0 Å². The third-order valence-electron chi connectivity index (χ3n) is 3.39. The van der Waals surface area contributed by atoms with Gasteiger partial charge < -0.3 is 0 Å². The lowest BCUT2D eigenvalue weighted by atomic mass is 10.1. The summed E-state index contributed by atoms with van der Waals surface area (Å²) in [4.78, 5) is 11.1. The summed E-state index contributed by atoms with van der Waals surface area (Å²) in [6, 6.07) is 16.0. The molecule has 2 aromatic rings. The van der Waals surface area contributed by atoms with Crippen molar-refractivity contribution in [1.82, 2.24) is 0 Å². The third kappa shape index (κ3) is 4.49. The molecule has 0 spiro atoms. The molecule has 22 heavy (non-hydrogen) atoms. The predicted molar refractivity (Wildman–Crippen MR) is 102 cm³/mol. The van der Waals surface area contributed by atoms with Crippen molar-refractivity contribution in [3.8, 4) is 0 Å². The molecule has 2 nitrogen and oxygen atoms in total. The van der Waals surface area contributed by atoms with E-state index in [2.05, 4.69) is 35.2 Å². The maximum absolute atomic E-state index is 4.58. The van der Waals surface area contributed by atoms with Gasteiger partial charge in [0.1, 0.15) is 0 Å². The zero-order valence-electron chi connectivity index (χ0n) is 12.8.